The van der Waals surface area contributed by atoms with Gasteiger partial charge < -0.3 is 19.5 Å². The second-order valence-electron chi connectivity index (χ2n) is 11.4. The highest BCUT2D eigenvalue weighted by atomic mass is 35.5. The number of carbonyl (C=O) groups excluding carboxylic acids is 3. The second kappa shape index (κ2) is 15.8. The van der Waals surface area contributed by atoms with Crippen LogP contribution in [0, 0.1) is 6.92 Å². The van der Waals surface area contributed by atoms with Gasteiger partial charge in [-0.15, -0.1) is 0 Å². The highest BCUT2D eigenvalue weighted by molar-refractivity contribution is 6.30. The molecule has 0 radical (unpaired) electrons. The molecule has 2 heterocycles. The number of aromatic nitrogens is 1. The fourth-order valence-electron chi connectivity index (χ4n) is 5.76. The molecule has 1 fully saturated rings. The van der Waals surface area contributed by atoms with Crippen molar-refractivity contribution in [1.29, 1.82) is 0 Å². The van der Waals surface area contributed by atoms with Crippen molar-refractivity contribution in [3.05, 3.63) is 94.1 Å². The molecule has 0 aliphatic carbocycles. The third-order valence-corrected chi connectivity index (χ3v) is 8.42. The number of hydrogen-bond donors (Lipinski definition) is 1. The quantitative estimate of drug-likeness (QED) is 0.134. The summed E-state index contributed by atoms with van der Waals surface area (Å²) in [5, 5.41) is 4.10. The van der Waals surface area contributed by atoms with E-state index in [4.69, 9.17) is 25.8 Å². The molecule has 1 aliphatic rings. The van der Waals surface area contributed by atoms with Crippen LogP contribution in [0.25, 0.3) is 10.9 Å². The lowest BCUT2D eigenvalue weighted by molar-refractivity contribution is -0.143. The number of fused-ring (bicyclic) bond motifs is 1. The largest absolute Gasteiger partial charge is 0.497 e. The van der Waals surface area contributed by atoms with E-state index in [-0.39, 0.29) is 31.3 Å². The van der Waals surface area contributed by atoms with Crippen LogP contribution in [-0.2, 0) is 27.3 Å². The maximum atomic E-state index is 13.5. The standard InChI is InChI=1S/C36H40ClN3O6/c1-25-31(32-22-29(44-2)13-14-33(32)40(25)36(43)27-9-11-28(37)12-10-27)23-35(42)46-20-15-34(41)38-16-6-19-45-30-8-5-7-26(21-30)24-39-17-3-4-18-39/h5,7-14,21-22H,3-4,6,15-20,23-24H2,1-2H3,(H,38,41). The number of ether oxygens (including phenoxy) is 3. The van der Waals surface area contributed by atoms with Crippen molar-refractivity contribution in [2.75, 3.05) is 40.0 Å². The topological polar surface area (TPSA) is 99.1 Å². The second-order valence-corrected chi connectivity index (χ2v) is 11.9. The first-order valence-corrected chi connectivity index (χ1v) is 16.0. The molecule has 9 nitrogen and oxygen atoms in total. The normalized spacial score (nSPS) is 13.1. The molecule has 3 aromatic carbocycles. The molecular weight excluding hydrogens is 606 g/mol. The van der Waals surface area contributed by atoms with Crippen molar-refractivity contribution >= 4 is 40.3 Å². The van der Waals surface area contributed by atoms with E-state index in [1.165, 1.54) is 18.4 Å². The van der Waals surface area contributed by atoms with Crippen molar-refractivity contribution in [2.45, 2.75) is 45.6 Å². The zero-order chi connectivity index (χ0) is 32.5. The number of rotatable bonds is 14. The van der Waals surface area contributed by atoms with Gasteiger partial charge in [-0.25, -0.2) is 0 Å². The first kappa shape index (κ1) is 33.0. The summed E-state index contributed by atoms with van der Waals surface area (Å²) in [5.74, 6) is 0.507. The Morgan fingerprint density at radius 2 is 1.72 bits per heavy atom. The summed E-state index contributed by atoms with van der Waals surface area (Å²) in [6, 6.07) is 20.2. The molecule has 1 aliphatic heterocycles. The Morgan fingerprint density at radius 1 is 0.935 bits per heavy atom. The van der Waals surface area contributed by atoms with Crippen LogP contribution in [0.5, 0.6) is 11.5 Å². The molecule has 1 amide bonds. The van der Waals surface area contributed by atoms with Crippen LogP contribution in [-0.4, -0.2) is 67.2 Å². The highest BCUT2D eigenvalue weighted by Gasteiger charge is 2.23. The molecule has 5 rings (SSSR count). The summed E-state index contributed by atoms with van der Waals surface area (Å²) >= 11 is 6.01. The Morgan fingerprint density at radius 3 is 2.48 bits per heavy atom. The van der Waals surface area contributed by atoms with E-state index in [0.717, 1.165) is 30.8 Å². The fourth-order valence-corrected chi connectivity index (χ4v) is 5.89. The minimum absolute atomic E-state index is 0.0459. The third-order valence-electron chi connectivity index (χ3n) is 8.16. The van der Waals surface area contributed by atoms with Crippen LogP contribution < -0.4 is 14.8 Å². The van der Waals surface area contributed by atoms with Gasteiger partial charge in [-0.2, -0.15) is 0 Å². The SMILES string of the molecule is COc1ccc2c(c1)c(CC(=O)OCCC(=O)NCCCOc1cccc(CN3CCCC3)c1)c(C)n2C(=O)c1ccc(Cl)cc1. The van der Waals surface area contributed by atoms with Gasteiger partial charge >= 0.3 is 5.97 Å². The van der Waals surface area contributed by atoms with E-state index in [1.54, 1.807) is 61.1 Å². The number of likely N-dealkylation sites (tertiary alicyclic amines) is 1. The molecule has 46 heavy (non-hydrogen) atoms. The lowest BCUT2D eigenvalue weighted by Gasteiger charge is -2.15. The molecule has 0 saturated carbocycles. The predicted molar refractivity (Wildman–Crippen MR) is 178 cm³/mol. The number of esters is 1. The first-order valence-electron chi connectivity index (χ1n) is 15.7. The van der Waals surface area contributed by atoms with Crippen LogP contribution in [0.3, 0.4) is 0 Å². The minimum Gasteiger partial charge on any atom is -0.497 e. The van der Waals surface area contributed by atoms with E-state index in [9.17, 15) is 14.4 Å². The first-order chi connectivity index (χ1) is 22.3. The Bertz CT molecular complexity index is 1680. The number of methoxy groups -OCH3 is 1. The van der Waals surface area contributed by atoms with Gasteiger partial charge in [0.1, 0.15) is 18.1 Å². The number of nitrogens with zero attached hydrogens (tertiary/aromatic N) is 2. The van der Waals surface area contributed by atoms with Crippen molar-refractivity contribution < 1.29 is 28.6 Å². The van der Waals surface area contributed by atoms with Crippen molar-refractivity contribution in [1.82, 2.24) is 14.8 Å². The summed E-state index contributed by atoms with van der Waals surface area (Å²) in [6.45, 7) is 5.95. The number of hydrogen-bond acceptors (Lipinski definition) is 7. The van der Waals surface area contributed by atoms with E-state index >= 15 is 0 Å². The van der Waals surface area contributed by atoms with Crippen LogP contribution in [0.4, 0.5) is 0 Å². The number of benzene rings is 3. The molecule has 1 N–H and O–H groups in total. The maximum Gasteiger partial charge on any atom is 0.310 e. The van der Waals surface area contributed by atoms with E-state index in [1.807, 2.05) is 12.1 Å². The van der Waals surface area contributed by atoms with Gasteiger partial charge in [0.15, 0.2) is 0 Å². The van der Waals surface area contributed by atoms with Crippen LogP contribution >= 0.6 is 11.6 Å². The van der Waals surface area contributed by atoms with Crippen molar-refractivity contribution in [2.24, 2.45) is 0 Å². The molecule has 242 valence electrons. The number of halogens is 1. The van der Waals surface area contributed by atoms with Gasteiger partial charge in [0, 0.05) is 34.8 Å². The molecular formula is C36H40ClN3O6. The van der Waals surface area contributed by atoms with E-state index in [0.29, 0.717) is 52.7 Å². The van der Waals surface area contributed by atoms with Crippen LogP contribution in [0.1, 0.15) is 52.9 Å². The zero-order valence-corrected chi connectivity index (χ0v) is 27.1. The Balaban J connectivity index is 1.08. The zero-order valence-electron chi connectivity index (χ0n) is 26.4. The summed E-state index contributed by atoms with van der Waals surface area (Å²) in [4.78, 5) is 41.2. The van der Waals surface area contributed by atoms with Crippen LogP contribution in [0.15, 0.2) is 66.7 Å². The third kappa shape index (κ3) is 8.47. The molecule has 0 atom stereocenters. The van der Waals surface area contributed by atoms with Crippen LogP contribution in [0.2, 0.25) is 5.02 Å². The average molecular weight is 646 g/mol. The maximum absolute atomic E-state index is 13.5. The molecule has 10 heteroatoms. The highest BCUT2D eigenvalue weighted by Crippen LogP contribution is 2.31. The lowest BCUT2D eigenvalue weighted by Crippen LogP contribution is -2.27. The van der Waals surface area contributed by atoms with Gasteiger partial charge in [-0.1, -0.05) is 23.7 Å². The summed E-state index contributed by atoms with van der Waals surface area (Å²) < 4.78 is 18.3. The Hall–Kier alpha value is -4.34. The summed E-state index contributed by atoms with van der Waals surface area (Å²) in [6.07, 6.45) is 3.18. The van der Waals surface area contributed by atoms with Gasteiger partial charge in [-0.3, -0.25) is 23.9 Å². The van der Waals surface area contributed by atoms with E-state index in [2.05, 4.69) is 22.3 Å². The number of carbonyl (C=O) groups is 3. The summed E-state index contributed by atoms with van der Waals surface area (Å²) in [7, 11) is 1.56. The van der Waals surface area contributed by atoms with E-state index < -0.39 is 5.97 Å². The Labute approximate surface area is 274 Å². The smallest absolute Gasteiger partial charge is 0.310 e. The monoisotopic (exact) mass is 645 g/mol. The number of nitrogens with one attached hydrogen (secondary N) is 1. The molecule has 1 aromatic heterocycles. The molecule has 0 spiro atoms. The molecule has 1 saturated heterocycles. The van der Waals surface area contributed by atoms with Gasteiger partial charge in [0.2, 0.25) is 5.91 Å². The molecule has 0 unspecified atom stereocenters. The lowest BCUT2D eigenvalue weighted by atomic mass is 10.1. The van der Waals surface area contributed by atoms with Gasteiger partial charge in [0.25, 0.3) is 5.91 Å². The molecule has 0 bridgehead atoms. The number of amides is 1. The predicted octanol–water partition coefficient (Wildman–Crippen LogP) is 5.96. The fraction of sp³-hybridized carbons (Fsp3) is 0.361. The summed E-state index contributed by atoms with van der Waals surface area (Å²) in [5.41, 5.74) is 3.65. The average Bonchev–Trinajstić information content (AvgIpc) is 3.66. The van der Waals surface area contributed by atoms with Gasteiger partial charge in [-0.05, 0) is 105 Å². The Kier molecular flexibility index (Phi) is 11.3. The van der Waals surface area contributed by atoms with Crippen molar-refractivity contribution in [3.63, 3.8) is 0 Å². The van der Waals surface area contributed by atoms with Crippen molar-refractivity contribution in [3.8, 4) is 11.5 Å². The minimum atomic E-state index is -0.489. The van der Waals surface area contributed by atoms with Gasteiger partial charge in [0.05, 0.1) is 32.1 Å². The molecule has 4 aromatic rings.